The summed E-state index contributed by atoms with van der Waals surface area (Å²) in [6.45, 7) is 0. The molecule has 22 heavy (non-hydrogen) atoms. The van der Waals surface area contributed by atoms with Crippen molar-refractivity contribution >= 4 is 17.4 Å². The van der Waals surface area contributed by atoms with Gasteiger partial charge in [-0.2, -0.15) is 13.2 Å². The minimum atomic E-state index is -5.42. The lowest BCUT2D eigenvalue weighted by molar-refractivity contribution is -0.384. The van der Waals surface area contributed by atoms with E-state index >= 15 is 0 Å². The highest BCUT2D eigenvalue weighted by Crippen LogP contribution is 2.35. The minimum Gasteiger partial charge on any atom is -0.467 e. The van der Waals surface area contributed by atoms with Crippen LogP contribution in [0.3, 0.4) is 0 Å². The fourth-order valence-electron chi connectivity index (χ4n) is 1.56. The number of benzene rings is 1. The molecule has 0 saturated carbocycles. The zero-order valence-electron chi connectivity index (χ0n) is 11.1. The first-order chi connectivity index (χ1) is 10.0. The van der Waals surface area contributed by atoms with E-state index in [9.17, 15) is 38.0 Å². The third-order valence-corrected chi connectivity index (χ3v) is 2.81. The Hall–Kier alpha value is -2.49. The van der Waals surface area contributed by atoms with E-state index in [0.717, 1.165) is 24.3 Å². The molecule has 0 bridgehead atoms. The number of hydrogen-bond donors (Lipinski definition) is 1. The third kappa shape index (κ3) is 3.39. The topological polar surface area (TPSA) is 107 Å². The van der Waals surface area contributed by atoms with E-state index in [2.05, 4.69) is 4.74 Å². The van der Waals surface area contributed by atoms with Crippen molar-refractivity contribution in [3.63, 3.8) is 0 Å². The van der Waals surface area contributed by atoms with Gasteiger partial charge in [0.05, 0.1) is 18.5 Å². The molecule has 0 amide bonds. The number of halogens is 3. The predicted octanol–water partition coefficient (Wildman–Crippen LogP) is 1.63. The second-order valence-electron chi connectivity index (χ2n) is 4.25. The Morgan fingerprint density at radius 2 is 1.77 bits per heavy atom. The molecule has 0 unspecified atom stereocenters. The van der Waals surface area contributed by atoms with Gasteiger partial charge in [-0.15, -0.1) is 0 Å². The summed E-state index contributed by atoms with van der Waals surface area (Å²) in [6, 6.07) is 3.68. The van der Waals surface area contributed by atoms with E-state index in [1.54, 1.807) is 0 Å². The summed E-state index contributed by atoms with van der Waals surface area (Å²) in [4.78, 5) is 32.6. The summed E-state index contributed by atoms with van der Waals surface area (Å²) >= 11 is 0. The molecule has 0 spiro atoms. The summed E-state index contributed by atoms with van der Waals surface area (Å²) in [5, 5.41) is 19.9. The Bertz CT molecular complexity index is 598. The molecule has 0 aliphatic heterocycles. The van der Waals surface area contributed by atoms with Crippen LogP contribution in [0.25, 0.3) is 0 Å². The largest absolute Gasteiger partial charge is 0.467 e. The molecule has 10 heteroatoms. The second-order valence-corrected chi connectivity index (χ2v) is 4.25. The van der Waals surface area contributed by atoms with Gasteiger partial charge in [0.25, 0.3) is 11.3 Å². The van der Waals surface area contributed by atoms with Gasteiger partial charge in [0.15, 0.2) is 5.78 Å². The number of nitro benzene ring substituents is 1. The number of carbonyl (C=O) groups excluding carboxylic acids is 2. The number of hydrogen-bond acceptors (Lipinski definition) is 6. The van der Waals surface area contributed by atoms with E-state index in [1.807, 2.05) is 0 Å². The number of Topliss-reactive ketones (excluding diaryl/α,β-unsaturated/α-hetero) is 1. The molecule has 0 heterocycles. The van der Waals surface area contributed by atoms with E-state index in [1.165, 1.54) is 0 Å². The van der Waals surface area contributed by atoms with Crippen molar-refractivity contribution in [2.45, 2.75) is 18.2 Å². The van der Waals surface area contributed by atoms with Gasteiger partial charge in [-0.3, -0.25) is 14.9 Å². The van der Waals surface area contributed by atoms with Crippen LogP contribution in [0.4, 0.5) is 18.9 Å². The predicted molar refractivity (Wildman–Crippen MR) is 65.1 cm³/mol. The number of nitrogens with zero attached hydrogens (tertiary/aromatic N) is 1. The minimum absolute atomic E-state index is 0.322. The first-order valence-electron chi connectivity index (χ1n) is 5.68. The Morgan fingerprint density at radius 1 is 1.27 bits per heavy atom. The number of aliphatic hydroxyl groups is 1. The van der Waals surface area contributed by atoms with Gasteiger partial charge in [0.2, 0.25) is 0 Å². The van der Waals surface area contributed by atoms with Crippen molar-refractivity contribution in [1.29, 1.82) is 0 Å². The lowest BCUT2D eigenvalue weighted by Gasteiger charge is -2.26. The number of non-ortho nitro benzene ring substituents is 1. The quantitative estimate of drug-likeness (QED) is 0.382. The number of methoxy groups -OCH3 is 1. The molecule has 0 radical (unpaired) electrons. The molecule has 0 fully saturated rings. The average Bonchev–Trinajstić information content (AvgIpc) is 2.44. The number of ether oxygens (including phenoxy) is 1. The summed E-state index contributed by atoms with van der Waals surface area (Å²) in [5.74, 6) is -3.24. The van der Waals surface area contributed by atoms with Crippen LogP contribution in [0, 0.1) is 10.1 Å². The van der Waals surface area contributed by atoms with Crippen LogP contribution < -0.4 is 0 Å². The van der Waals surface area contributed by atoms with Crippen LogP contribution in [0.5, 0.6) is 0 Å². The molecule has 120 valence electrons. The number of alkyl halides is 3. The fourth-order valence-corrected chi connectivity index (χ4v) is 1.56. The number of esters is 1. The number of ketones is 1. The van der Waals surface area contributed by atoms with Crippen molar-refractivity contribution in [2.24, 2.45) is 0 Å². The second kappa shape index (κ2) is 6.10. The monoisotopic (exact) mass is 321 g/mol. The molecule has 1 aromatic carbocycles. The molecular weight excluding hydrogens is 311 g/mol. The van der Waals surface area contributed by atoms with E-state index < -0.39 is 34.9 Å². The van der Waals surface area contributed by atoms with E-state index in [0.29, 0.717) is 7.11 Å². The molecule has 1 atom stereocenters. The highest BCUT2D eigenvalue weighted by Gasteiger charge is 2.61. The Morgan fingerprint density at radius 3 is 2.14 bits per heavy atom. The maximum atomic E-state index is 12.8. The lowest BCUT2D eigenvalue weighted by atomic mass is 9.93. The summed E-state index contributed by atoms with van der Waals surface area (Å²) < 4.78 is 42.3. The van der Waals surface area contributed by atoms with Gasteiger partial charge in [0.1, 0.15) is 0 Å². The van der Waals surface area contributed by atoms with Crippen LogP contribution in [0.15, 0.2) is 24.3 Å². The molecule has 7 nitrogen and oxygen atoms in total. The first-order valence-corrected chi connectivity index (χ1v) is 5.68. The van der Waals surface area contributed by atoms with E-state index in [4.69, 9.17) is 0 Å². The fraction of sp³-hybridized carbons (Fsp3) is 0.333. The Balaban J connectivity index is 3.06. The molecule has 0 aliphatic rings. The third-order valence-electron chi connectivity index (χ3n) is 2.81. The number of carbonyl (C=O) groups is 2. The molecule has 1 N–H and O–H groups in total. The van der Waals surface area contributed by atoms with Gasteiger partial charge in [-0.05, 0) is 12.1 Å². The van der Waals surface area contributed by atoms with Crippen LogP contribution in [-0.2, 0) is 9.53 Å². The van der Waals surface area contributed by atoms with Gasteiger partial charge < -0.3 is 9.84 Å². The van der Waals surface area contributed by atoms with Gasteiger partial charge in [0, 0.05) is 17.7 Å². The molecule has 1 rings (SSSR count). The summed E-state index contributed by atoms with van der Waals surface area (Å²) in [5.41, 5.74) is -4.67. The molecule has 0 aromatic heterocycles. The zero-order chi connectivity index (χ0) is 17.1. The van der Waals surface area contributed by atoms with Crippen LogP contribution >= 0.6 is 0 Å². The number of rotatable bonds is 5. The number of nitro groups is 1. The van der Waals surface area contributed by atoms with Crippen molar-refractivity contribution < 1.29 is 37.5 Å². The first kappa shape index (κ1) is 17.6. The Kier molecular flexibility index (Phi) is 4.87. The molecule has 1 aromatic rings. The zero-order valence-corrected chi connectivity index (χ0v) is 11.1. The van der Waals surface area contributed by atoms with Crippen molar-refractivity contribution in [3.8, 4) is 0 Å². The molecular formula is C12H10F3NO6. The normalized spacial score (nSPS) is 14.0. The van der Waals surface area contributed by atoms with Gasteiger partial charge in [-0.25, -0.2) is 4.79 Å². The summed E-state index contributed by atoms with van der Waals surface area (Å²) in [7, 11) is 0.634. The smallest absolute Gasteiger partial charge is 0.428 e. The maximum Gasteiger partial charge on any atom is 0.428 e. The molecule has 0 aliphatic carbocycles. The van der Waals surface area contributed by atoms with Gasteiger partial charge in [-0.1, -0.05) is 0 Å². The van der Waals surface area contributed by atoms with Crippen LogP contribution in [0.1, 0.15) is 16.8 Å². The standard InChI is InChI=1S/C12H10F3NO6/c1-22-10(18)11(19,12(13,14)15)6-9(17)7-2-4-8(5-3-7)16(20)21/h2-5,19H,6H2,1H3/t11-/m0/s1. The summed E-state index contributed by atoms with van der Waals surface area (Å²) in [6.07, 6.45) is -7.02. The van der Waals surface area contributed by atoms with Crippen molar-refractivity contribution in [1.82, 2.24) is 0 Å². The van der Waals surface area contributed by atoms with Crippen molar-refractivity contribution in [2.75, 3.05) is 7.11 Å². The van der Waals surface area contributed by atoms with Gasteiger partial charge >= 0.3 is 12.1 Å². The maximum absolute atomic E-state index is 12.8. The lowest BCUT2D eigenvalue weighted by Crippen LogP contribution is -2.54. The van der Waals surface area contributed by atoms with Crippen molar-refractivity contribution in [3.05, 3.63) is 39.9 Å². The average molecular weight is 321 g/mol. The van der Waals surface area contributed by atoms with E-state index in [-0.39, 0.29) is 11.3 Å². The Labute approximate surface area is 121 Å². The van der Waals surface area contributed by atoms with Crippen LogP contribution in [-0.4, -0.2) is 40.7 Å². The SMILES string of the molecule is COC(=O)[C@@](O)(CC(=O)c1ccc([N+](=O)[O-])cc1)C(F)(F)F. The highest BCUT2D eigenvalue weighted by molar-refractivity contribution is 6.00. The highest BCUT2D eigenvalue weighted by atomic mass is 19.4. The van der Waals surface area contributed by atoms with Crippen LogP contribution in [0.2, 0.25) is 0 Å². The molecule has 0 saturated heterocycles.